The molecule has 6 heteroatoms. The average Bonchev–Trinajstić information content (AvgIpc) is 3.33. The predicted molar refractivity (Wildman–Crippen MR) is 104 cm³/mol. The average molecular weight is 375 g/mol. The minimum atomic E-state index is 0.158. The third-order valence-corrected chi connectivity index (χ3v) is 5.75. The standard InChI is InChI=1S/C20H26N2O3S/c1-21(13-16-6-5-11-26-16)20(23)14-22-10-4-7-17(22)15-8-9-18(24-2)19(12-15)25-3/h5-6,8-9,11-12,17H,4,7,10,13-14H2,1-3H3. The van der Waals surface area contributed by atoms with Crippen molar-refractivity contribution in [1.82, 2.24) is 9.80 Å². The fourth-order valence-corrected chi connectivity index (χ4v) is 4.23. The normalized spacial score (nSPS) is 17.3. The summed E-state index contributed by atoms with van der Waals surface area (Å²) >= 11 is 1.68. The number of carbonyl (C=O) groups excluding carboxylic acids is 1. The van der Waals surface area contributed by atoms with Gasteiger partial charge in [0.25, 0.3) is 0 Å². The molecular weight excluding hydrogens is 348 g/mol. The Morgan fingerprint density at radius 2 is 2.08 bits per heavy atom. The SMILES string of the molecule is COc1ccc(C2CCCN2CC(=O)N(C)Cc2cccs2)cc1OC. The molecule has 0 aliphatic carbocycles. The molecule has 0 radical (unpaired) electrons. The van der Waals surface area contributed by atoms with Crippen LogP contribution in [0.3, 0.4) is 0 Å². The molecule has 26 heavy (non-hydrogen) atoms. The molecule has 5 nitrogen and oxygen atoms in total. The van der Waals surface area contributed by atoms with Gasteiger partial charge in [0.2, 0.25) is 5.91 Å². The molecule has 1 aliphatic heterocycles. The van der Waals surface area contributed by atoms with Gasteiger partial charge < -0.3 is 14.4 Å². The van der Waals surface area contributed by atoms with Crippen LogP contribution < -0.4 is 9.47 Å². The highest BCUT2D eigenvalue weighted by atomic mass is 32.1. The highest BCUT2D eigenvalue weighted by Crippen LogP contribution is 2.36. The first-order valence-corrected chi connectivity index (χ1v) is 9.72. The predicted octanol–water partition coefficient (Wildman–Crippen LogP) is 3.56. The Morgan fingerprint density at radius 1 is 1.27 bits per heavy atom. The summed E-state index contributed by atoms with van der Waals surface area (Å²) in [5, 5.41) is 2.04. The number of amides is 1. The van der Waals surface area contributed by atoms with Crippen LogP contribution in [0.1, 0.15) is 29.3 Å². The molecule has 0 spiro atoms. The topological polar surface area (TPSA) is 42.0 Å². The number of likely N-dealkylation sites (N-methyl/N-ethyl adjacent to an activating group) is 1. The molecule has 0 N–H and O–H groups in total. The fourth-order valence-electron chi connectivity index (χ4n) is 3.47. The van der Waals surface area contributed by atoms with Gasteiger partial charge in [0.15, 0.2) is 11.5 Å². The Labute approximate surface area is 159 Å². The molecule has 2 aromatic rings. The number of nitrogens with zero attached hydrogens (tertiary/aromatic N) is 2. The van der Waals surface area contributed by atoms with Gasteiger partial charge in [-0.05, 0) is 48.5 Å². The molecule has 0 saturated carbocycles. The van der Waals surface area contributed by atoms with E-state index in [0.29, 0.717) is 13.1 Å². The van der Waals surface area contributed by atoms with E-state index in [1.807, 2.05) is 35.5 Å². The van der Waals surface area contributed by atoms with E-state index in [2.05, 4.69) is 17.0 Å². The van der Waals surface area contributed by atoms with Gasteiger partial charge in [-0.25, -0.2) is 0 Å². The molecule has 1 aromatic carbocycles. The van der Waals surface area contributed by atoms with Gasteiger partial charge in [-0.3, -0.25) is 9.69 Å². The maximum Gasteiger partial charge on any atom is 0.236 e. The minimum absolute atomic E-state index is 0.158. The highest BCUT2D eigenvalue weighted by molar-refractivity contribution is 7.09. The monoisotopic (exact) mass is 374 g/mol. The Balaban J connectivity index is 1.67. The van der Waals surface area contributed by atoms with E-state index < -0.39 is 0 Å². The maximum atomic E-state index is 12.7. The van der Waals surface area contributed by atoms with E-state index >= 15 is 0 Å². The first kappa shape index (κ1) is 18.7. The number of likely N-dealkylation sites (tertiary alicyclic amines) is 1. The van der Waals surface area contributed by atoms with E-state index in [9.17, 15) is 4.79 Å². The van der Waals surface area contributed by atoms with Crippen molar-refractivity contribution in [2.45, 2.75) is 25.4 Å². The van der Waals surface area contributed by atoms with Crippen LogP contribution in [0.5, 0.6) is 11.5 Å². The Kier molecular flexibility index (Phi) is 6.16. The van der Waals surface area contributed by atoms with Crippen LogP contribution in [-0.2, 0) is 11.3 Å². The van der Waals surface area contributed by atoms with Crippen molar-refractivity contribution in [2.24, 2.45) is 0 Å². The van der Waals surface area contributed by atoms with Crippen LogP contribution >= 0.6 is 11.3 Å². The summed E-state index contributed by atoms with van der Waals surface area (Å²) in [4.78, 5) is 18.0. The van der Waals surface area contributed by atoms with Gasteiger partial charge in [-0.2, -0.15) is 0 Å². The number of thiophene rings is 1. The Bertz CT molecular complexity index is 733. The second-order valence-electron chi connectivity index (χ2n) is 6.57. The second kappa shape index (κ2) is 8.56. The molecule has 0 bridgehead atoms. The lowest BCUT2D eigenvalue weighted by molar-refractivity contribution is -0.131. The van der Waals surface area contributed by atoms with Crippen molar-refractivity contribution in [3.63, 3.8) is 0 Å². The largest absolute Gasteiger partial charge is 0.493 e. The van der Waals surface area contributed by atoms with Gasteiger partial charge in [-0.15, -0.1) is 11.3 Å². The smallest absolute Gasteiger partial charge is 0.236 e. The van der Waals surface area contributed by atoms with Crippen LogP contribution in [0.2, 0.25) is 0 Å². The molecular formula is C20H26N2O3S. The molecule has 1 fully saturated rings. The van der Waals surface area contributed by atoms with E-state index in [1.54, 1.807) is 25.6 Å². The van der Waals surface area contributed by atoms with Crippen LogP contribution in [0.4, 0.5) is 0 Å². The van der Waals surface area contributed by atoms with Crippen molar-refractivity contribution < 1.29 is 14.3 Å². The molecule has 1 aromatic heterocycles. The van der Waals surface area contributed by atoms with E-state index in [4.69, 9.17) is 9.47 Å². The summed E-state index contributed by atoms with van der Waals surface area (Å²) in [6, 6.07) is 10.4. The highest BCUT2D eigenvalue weighted by Gasteiger charge is 2.29. The van der Waals surface area contributed by atoms with Gasteiger partial charge in [0.05, 0.1) is 27.3 Å². The summed E-state index contributed by atoms with van der Waals surface area (Å²) in [6.45, 7) is 2.06. The number of methoxy groups -OCH3 is 2. The first-order chi connectivity index (χ1) is 12.6. The minimum Gasteiger partial charge on any atom is -0.493 e. The van der Waals surface area contributed by atoms with Crippen LogP contribution in [0.15, 0.2) is 35.7 Å². The molecule has 1 atom stereocenters. The lowest BCUT2D eigenvalue weighted by Crippen LogP contribution is -2.37. The van der Waals surface area contributed by atoms with Crippen LogP contribution in [-0.4, -0.2) is 50.1 Å². The van der Waals surface area contributed by atoms with Crippen molar-refractivity contribution in [2.75, 3.05) is 34.4 Å². The third kappa shape index (κ3) is 4.19. The summed E-state index contributed by atoms with van der Waals surface area (Å²) in [5.74, 6) is 1.62. The Morgan fingerprint density at radius 3 is 2.77 bits per heavy atom. The van der Waals surface area contributed by atoms with Crippen molar-refractivity contribution in [1.29, 1.82) is 0 Å². The lowest BCUT2D eigenvalue weighted by atomic mass is 10.0. The Hall–Kier alpha value is -2.05. The van der Waals surface area contributed by atoms with E-state index in [1.165, 1.54) is 10.4 Å². The fraction of sp³-hybridized carbons (Fsp3) is 0.450. The number of carbonyl (C=O) groups is 1. The maximum absolute atomic E-state index is 12.7. The van der Waals surface area contributed by atoms with E-state index in [0.717, 1.165) is 30.9 Å². The second-order valence-corrected chi connectivity index (χ2v) is 7.60. The van der Waals surface area contributed by atoms with Crippen molar-refractivity contribution in [3.8, 4) is 11.5 Å². The lowest BCUT2D eigenvalue weighted by Gasteiger charge is -2.27. The van der Waals surface area contributed by atoms with Crippen LogP contribution in [0, 0.1) is 0 Å². The third-order valence-electron chi connectivity index (χ3n) is 4.89. The molecule has 2 heterocycles. The number of ether oxygens (including phenoxy) is 2. The van der Waals surface area contributed by atoms with Gasteiger partial charge in [0, 0.05) is 18.0 Å². The van der Waals surface area contributed by atoms with Gasteiger partial charge in [-0.1, -0.05) is 12.1 Å². The summed E-state index contributed by atoms with van der Waals surface area (Å²) in [5.41, 5.74) is 1.17. The summed E-state index contributed by atoms with van der Waals surface area (Å²) in [7, 11) is 5.17. The summed E-state index contributed by atoms with van der Waals surface area (Å²) < 4.78 is 10.8. The number of hydrogen-bond donors (Lipinski definition) is 0. The quantitative estimate of drug-likeness (QED) is 0.743. The molecule has 1 saturated heterocycles. The molecule has 1 aliphatic rings. The summed E-state index contributed by atoms with van der Waals surface area (Å²) in [6.07, 6.45) is 2.15. The van der Waals surface area contributed by atoms with E-state index in [-0.39, 0.29) is 11.9 Å². The molecule has 140 valence electrons. The first-order valence-electron chi connectivity index (χ1n) is 8.84. The molecule has 1 amide bonds. The van der Waals surface area contributed by atoms with Gasteiger partial charge in [0.1, 0.15) is 0 Å². The van der Waals surface area contributed by atoms with Gasteiger partial charge >= 0.3 is 0 Å². The number of rotatable bonds is 7. The zero-order chi connectivity index (χ0) is 18.5. The zero-order valence-electron chi connectivity index (χ0n) is 15.6. The van der Waals surface area contributed by atoms with Crippen LogP contribution in [0.25, 0.3) is 0 Å². The molecule has 3 rings (SSSR count). The van der Waals surface area contributed by atoms with Crippen molar-refractivity contribution >= 4 is 17.2 Å². The zero-order valence-corrected chi connectivity index (χ0v) is 16.4. The number of benzene rings is 1. The van der Waals surface area contributed by atoms with Crippen molar-refractivity contribution in [3.05, 3.63) is 46.2 Å². The number of hydrogen-bond acceptors (Lipinski definition) is 5. The molecule has 1 unspecified atom stereocenters.